The zero-order valence-corrected chi connectivity index (χ0v) is 16.0. The van der Waals surface area contributed by atoms with Crippen LogP contribution in [0.2, 0.25) is 0 Å². The van der Waals surface area contributed by atoms with Crippen molar-refractivity contribution < 1.29 is 14.3 Å². The lowest BCUT2D eigenvalue weighted by Gasteiger charge is -2.09. The summed E-state index contributed by atoms with van der Waals surface area (Å²) in [6.45, 7) is 0.452. The number of hydrogen-bond acceptors (Lipinski definition) is 5. The monoisotopic (exact) mass is 383 g/mol. The van der Waals surface area contributed by atoms with Gasteiger partial charge in [-0.05, 0) is 29.8 Å². The number of nitrogens with one attached hydrogen (secondary N) is 1. The minimum atomic E-state index is -0.456. The van der Waals surface area contributed by atoms with Crippen LogP contribution in [0.3, 0.4) is 0 Å². The Balaban J connectivity index is 1.59. The molecular formula is C20H21N3O3S. The number of methoxy groups -OCH3 is 1. The maximum atomic E-state index is 12.4. The van der Waals surface area contributed by atoms with Gasteiger partial charge in [-0.1, -0.05) is 42.1 Å². The van der Waals surface area contributed by atoms with E-state index in [0.717, 1.165) is 17.0 Å². The molecular weight excluding hydrogens is 362 g/mol. The Bertz CT molecular complexity index is 837. The number of thioether (sulfide) groups is 1. The predicted molar refractivity (Wildman–Crippen MR) is 107 cm³/mol. The van der Waals surface area contributed by atoms with E-state index in [1.807, 2.05) is 54.6 Å². The third-order valence-electron chi connectivity index (χ3n) is 4.14. The van der Waals surface area contributed by atoms with Gasteiger partial charge in [0.2, 0.25) is 11.8 Å². The molecule has 0 unspecified atom stereocenters. The van der Waals surface area contributed by atoms with E-state index in [-0.39, 0.29) is 18.2 Å². The molecule has 2 aromatic rings. The van der Waals surface area contributed by atoms with Crippen LogP contribution in [0.4, 0.5) is 5.69 Å². The van der Waals surface area contributed by atoms with E-state index < -0.39 is 5.25 Å². The Kier molecular flexibility index (Phi) is 6.13. The van der Waals surface area contributed by atoms with Gasteiger partial charge >= 0.3 is 0 Å². The largest absolute Gasteiger partial charge is 0.497 e. The molecule has 1 saturated heterocycles. The van der Waals surface area contributed by atoms with Crippen LogP contribution in [0.15, 0.2) is 59.6 Å². The van der Waals surface area contributed by atoms with Crippen LogP contribution in [0.25, 0.3) is 0 Å². The fourth-order valence-electron chi connectivity index (χ4n) is 2.60. The summed E-state index contributed by atoms with van der Waals surface area (Å²) in [6.07, 6.45) is 0.127. The lowest BCUT2D eigenvalue weighted by atomic mass is 10.2. The molecule has 0 bridgehead atoms. The summed E-state index contributed by atoms with van der Waals surface area (Å²) in [5.74, 6) is 0.487. The molecule has 140 valence electrons. The Morgan fingerprint density at radius 3 is 2.56 bits per heavy atom. The van der Waals surface area contributed by atoms with Crippen molar-refractivity contribution >= 4 is 34.4 Å². The first-order valence-corrected chi connectivity index (χ1v) is 9.42. The van der Waals surface area contributed by atoms with Crippen molar-refractivity contribution in [1.29, 1.82) is 0 Å². The lowest BCUT2D eigenvalue weighted by Crippen LogP contribution is -2.32. The normalized spacial score (nSPS) is 18.0. The van der Waals surface area contributed by atoms with Gasteiger partial charge in [-0.2, -0.15) is 0 Å². The van der Waals surface area contributed by atoms with Crippen LogP contribution < -0.4 is 10.1 Å². The van der Waals surface area contributed by atoms with Crippen LogP contribution in [0.1, 0.15) is 12.0 Å². The molecule has 1 N–H and O–H groups in total. The van der Waals surface area contributed by atoms with Crippen molar-refractivity contribution in [1.82, 2.24) is 10.2 Å². The summed E-state index contributed by atoms with van der Waals surface area (Å²) in [7, 11) is 3.28. The first-order valence-electron chi connectivity index (χ1n) is 8.54. The van der Waals surface area contributed by atoms with Gasteiger partial charge in [0, 0.05) is 20.0 Å². The number of carbonyl (C=O) groups is 2. The van der Waals surface area contributed by atoms with E-state index >= 15 is 0 Å². The molecule has 3 rings (SSSR count). The van der Waals surface area contributed by atoms with Crippen molar-refractivity contribution in [2.45, 2.75) is 18.2 Å². The minimum absolute atomic E-state index is 0.109. The SMILES string of the molecule is COc1ccc(N=C2S[C@H](CC(=O)NCc3ccccc3)C(=O)N2C)cc1. The Hall–Kier alpha value is -2.80. The van der Waals surface area contributed by atoms with Gasteiger partial charge in [-0.25, -0.2) is 4.99 Å². The molecule has 0 radical (unpaired) electrons. The number of nitrogens with zero attached hydrogens (tertiary/aromatic N) is 2. The molecule has 1 aliphatic heterocycles. The van der Waals surface area contributed by atoms with E-state index in [1.54, 1.807) is 14.2 Å². The van der Waals surface area contributed by atoms with Gasteiger partial charge in [-0.3, -0.25) is 14.5 Å². The van der Waals surface area contributed by atoms with E-state index in [1.165, 1.54) is 16.7 Å². The van der Waals surface area contributed by atoms with Crippen molar-refractivity contribution in [2.24, 2.45) is 4.99 Å². The molecule has 0 saturated carbocycles. The van der Waals surface area contributed by atoms with Gasteiger partial charge in [0.15, 0.2) is 5.17 Å². The summed E-state index contributed by atoms with van der Waals surface area (Å²) in [5.41, 5.74) is 1.75. The Morgan fingerprint density at radius 2 is 1.89 bits per heavy atom. The van der Waals surface area contributed by atoms with E-state index in [4.69, 9.17) is 4.74 Å². The number of aliphatic imine (C=N–C) groups is 1. The fourth-order valence-corrected chi connectivity index (χ4v) is 3.76. The van der Waals surface area contributed by atoms with Gasteiger partial charge in [0.1, 0.15) is 11.0 Å². The highest BCUT2D eigenvalue weighted by atomic mass is 32.2. The topological polar surface area (TPSA) is 71.0 Å². The van der Waals surface area contributed by atoms with Gasteiger partial charge in [0.05, 0.1) is 12.8 Å². The predicted octanol–water partition coefficient (Wildman–Crippen LogP) is 2.96. The molecule has 7 heteroatoms. The smallest absolute Gasteiger partial charge is 0.242 e. The Labute approximate surface area is 162 Å². The van der Waals surface area contributed by atoms with Gasteiger partial charge in [-0.15, -0.1) is 0 Å². The van der Waals surface area contributed by atoms with E-state index in [2.05, 4.69) is 10.3 Å². The van der Waals surface area contributed by atoms with Crippen LogP contribution in [-0.4, -0.2) is 41.3 Å². The maximum absolute atomic E-state index is 12.4. The van der Waals surface area contributed by atoms with Gasteiger partial charge in [0.25, 0.3) is 0 Å². The highest BCUT2D eigenvalue weighted by Crippen LogP contribution is 2.30. The van der Waals surface area contributed by atoms with Crippen LogP contribution in [0, 0.1) is 0 Å². The molecule has 0 aromatic heterocycles. The van der Waals surface area contributed by atoms with Crippen molar-refractivity contribution in [3.8, 4) is 5.75 Å². The average molecular weight is 383 g/mol. The first kappa shape index (κ1) is 19.0. The highest BCUT2D eigenvalue weighted by Gasteiger charge is 2.36. The second kappa shape index (κ2) is 8.73. The first-order chi connectivity index (χ1) is 13.1. The highest BCUT2D eigenvalue weighted by molar-refractivity contribution is 8.15. The number of ether oxygens (including phenoxy) is 1. The lowest BCUT2D eigenvalue weighted by molar-refractivity contribution is -0.128. The third kappa shape index (κ3) is 4.89. The summed E-state index contributed by atoms with van der Waals surface area (Å²) >= 11 is 1.32. The van der Waals surface area contributed by atoms with Crippen molar-refractivity contribution in [3.63, 3.8) is 0 Å². The molecule has 27 heavy (non-hydrogen) atoms. The number of rotatable bonds is 6. The van der Waals surface area contributed by atoms with Crippen molar-refractivity contribution in [2.75, 3.05) is 14.2 Å². The molecule has 6 nitrogen and oxygen atoms in total. The number of benzene rings is 2. The van der Waals surface area contributed by atoms with Crippen molar-refractivity contribution in [3.05, 3.63) is 60.2 Å². The summed E-state index contributed by atoms with van der Waals surface area (Å²) in [5, 5.41) is 2.99. The zero-order chi connectivity index (χ0) is 19.2. The van der Waals surface area contributed by atoms with Crippen LogP contribution >= 0.6 is 11.8 Å². The molecule has 1 fully saturated rings. The van der Waals surface area contributed by atoms with E-state index in [9.17, 15) is 9.59 Å². The molecule has 1 aliphatic rings. The molecule has 0 spiro atoms. The molecule has 1 heterocycles. The van der Waals surface area contributed by atoms with Gasteiger partial charge < -0.3 is 10.1 Å². The maximum Gasteiger partial charge on any atom is 0.242 e. The molecule has 2 amide bonds. The van der Waals surface area contributed by atoms with Crippen LogP contribution in [-0.2, 0) is 16.1 Å². The molecule has 1 atom stereocenters. The summed E-state index contributed by atoms with van der Waals surface area (Å²) in [6, 6.07) is 17.0. The fraction of sp³-hybridized carbons (Fsp3) is 0.250. The average Bonchev–Trinajstić information content (AvgIpc) is 2.95. The second-order valence-electron chi connectivity index (χ2n) is 6.06. The van der Waals surface area contributed by atoms with Crippen LogP contribution in [0.5, 0.6) is 5.75 Å². The summed E-state index contributed by atoms with van der Waals surface area (Å²) < 4.78 is 5.13. The number of amides is 2. The Morgan fingerprint density at radius 1 is 1.19 bits per heavy atom. The standard InChI is InChI=1S/C20H21N3O3S/c1-23-19(25)17(12-18(24)21-13-14-6-4-3-5-7-14)27-20(23)22-15-8-10-16(26-2)11-9-15/h3-11,17H,12-13H2,1-2H3,(H,21,24)/t17-/m1/s1. The summed E-state index contributed by atoms with van der Waals surface area (Å²) in [4.78, 5) is 30.7. The second-order valence-corrected chi connectivity index (χ2v) is 7.23. The number of hydrogen-bond donors (Lipinski definition) is 1. The zero-order valence-electron chi connectivity index (χ0n) is 15.2. The third-order valence-corrected chi connectivity index (χ3v) is 5.37. The minimum Gasteiger partial charge on any atom is -0.497 e. The molecule has 2 aromatic carbocycles. The quantitative estimate of drug-likeness (QED) is 0.833. The van der Waals surface area contributed by atoms with E-state index in [0.29, 0.717) is 11.7 Å². The molecule has 0 aliphatic carbocycles. The number of amidine groups is 1. The number of carbonyl (C=O) groups excluding carboxylic acids is 2.